The van der Waals surface area contributed by atoms with Crippen LogP contribution in [0, 0.1) is 0 Å². The van der Waals surface area contributed by atoms with E-state index in [9.17, 15) is 0 Å². The lowest BCUT2D eigenvalue weighted by molar-refractivity contribution is 0.296. The molecule has 2 rings (SSSR count). The molecule has 0 unspecified atom stereocenters. The maximum atomic E-state index is 6.26. The van der Waals surface area contributed by atoms with Gasteiger partial charge in [0.15, 0.2) is 5.11 Å². The van der Waals surface area contributed by atoms with Crippen molar-refractivity contribution >= 4 is 38.9 Å². The van der Waals surface area contributed by atoms with Gasteiger partial charge in [-0.05, 0) is 84.6 Å². The Morgan fingerprint density at radius 2 is 1.59 bits per heavy atom. The van der Waals surface area contributed by atoms with Crippen LogP contribution in [0.1, 0.15) is 78.4 Å². The van der Waals surface area contributed by atoms with Gasteiger partial charge in [-0.3, -0.25) is 0 Å². The number of unbranched alkanes of at least 4 members (excludes halogenated alkanes) is 1. The normalized spacial score (nSPS) is 11.8. The first-order valence-electron chi connectivity index (χ1n) is 11.7. The van der Waals surface area contributed by atoms with Crippen molar-refractivity contribution in [3.8, 4) is 5.75 Å². The van der Waals surface area contributed by atoms with Gasteiger partial charge in [0.1, 0.15) is 5.75 Å². The van der Waals surface area contributed by atoms with Gasteiger partial charge in [-0.25, -0.2) is 0 Å². The summed E-state index contributed by atoms with van der Waals surface area (Å²) in [4.78, 5) is 0. The minimum absolute atomic E-state index is 0.0849. The highest BCUT2D eigenvalue weighted by Gasteiger charge is 2.26. The van der Waals surface area contributed by atoms with Crippen molar-refractivity contribution in [3.05, 3.63) is 58.1 Å². The Balaban J connectivity index is 1.85. The molecule has 0 aliphatic carbocycles. The first-order valence-corrected chi connectivity index (χ1v) is 12.9. The van der Waals surface area contributed by atoms with Gasteiger partial charge in [-0.1, -0.05) is 69.6 Å². The van der Waals surface area contributed by atoms with Crippen molar-refractivity contribution in [2.24, 2.45) is 0 Å². The third kappa shape index (κ3) is 7.77. The van der Waals surface area contributed by atoms with Gasteiger partial charge in [0.25, 0.3) is 0 Å². The van der Waals surface area contributed by atoms with Gasteiger partial charge < -0.3 is 15.4 Å². The summed E-state index contributed by atoms with van der Waals surface area (Å²) < 4.78 is 7.31. The minimum atomic E-state index is 0.0849. The molecule has 0 atom stereocenters. The van der Waals surface area contributed by atoms with E-state index >= 15 is 0 Å². The lowest BCUT2D eigenvalue weighted by Gasteiger charge is -2.30. The molecular weight excluding hydrogens is 480 g/mol. The molecule has 0 aliphatic rings. The number of hydrogen-bond acceptors (Lipinski definition) is 2. The highest BCUT2D eigenvalue weighted by Crippen LogP contribution is 2.38. The second kappa shape index (κ2) is 12.0. The summed E-state index contributed by atoms with van der Waals surface area (Å²) in [5.74, 6) is 1.02. The van der Waals surface area contributed by atoms with E-state index in [-0.39, 0.29) is 10.8 Å². The molecule has 2 aromatic carbocycles. The van der Waals surface area contributed by atoms with Gasteiger partial charge in [-0.15, -0.1) is 0 Å². The summed E-state index contributed by atoms with van der Waals surface area (Å²) in [6, 6.07) is 14.8. The fraction of sp³-hybridized carbons (Fsp3) is 0.519. The molecule has 32 heavy (non-hydrogen) atoms. The molecule has 2 aromatic rings. The molecule has 5 heteroatoms. The summed E-state index contributed by atoms with van der Waals surface area (Å²) in [5, 5.41) is 7.13. The van der Waals surface area contributed by atoms with Crippen molar-refractivity contribution in [1.29, 1.82) is 0 Å². The van der Waals surface area contributed by atoms with Crippen LogP contribution in [0.25, 0.3) is 0 Å². The van der Waals surface area contributed by atoms with Crippen molar-refractivity contribution in [1.82, 2.24) is 5.32 Å². The highest BCUT2D eigenvalue weighted by atomic mass is 79.9. The fourth-order valence-electron chi connectivity index (χ4n) is 3.32. The van der Waals surface area contributed by atoms with Gasteiger partial charge >= 0.3 is 0 Å². The Kier molecular flexibility index (Phi) is 10.0. The van der Waals surface area contributed by atoms with Gasteiger partial charge in [0.05, 0.1) is 6.61 Å². The molecule has 176 valence electrons. The molecule has 0 bridgehead atoms. The number of anilines is 1. The molecule has 2 N–H and O–H groups in total. The second-order valence-corrected chi connectivity index (χ2v) is 11.0. The number of thiocarbonyl (C=S) groups is 1. The molecule has 0 amide bonds. The molecule has 0 heterocycles. The smallest absolute Gasteiger partial charge is 0.170 e. The maximum absolute atomic E-state index is 6.26. The average Bonchev–Trinajstić information content (AvgIpc) is 2.77. The number of benzene rings is 2. The number of rotatable bonds is 11. The Bertz CT molecular complexity index is 878. The summed E-state index contributed by atoms with van der Waals surface area (Å²) >= 11 is 8.82. The van der Waals surface area contributed by atoms with E-state index in [2.05, 4.69) is 86.3 Å². The number of halogens is 1. The SMILES string of the molecule is CCC(C)(C)c1ccc(OCCCCNC(=S)Nc2ccc(Br)cc2)c(C(C)(C)CC)c1. The van der Waals surface area contributed by atoms with Gasteiger partial charge in [0.2, 0.25) is 0 Å². The van der Waals surface area contributed by atoms with Crippen molar-refractivity contribution in [2.45, 2.75) is 78.1 Å². The molecule has 0 aliphatic heterocycles. The topological polar surface area (TPSA) is 33.3 Å². The number of nitrogens with one attached hydrogen (secondary N) is 2. The predicted octanol–water partition coefficient (Wildman–Crippen LogP) is 7.97. The molecule has 3 nitrogen and oxygen atoms in total. The molecular formula is C27H39BrN2OS. The highest BCUT2D eigenvalue weighted by molar-refractivity contribution is 9.10. The third-order valence-corrected chi connectivity index (χ3v) is 7.25. The van der Waals surface area contributed by atoms with E-state index in [1.54, 1.807) is 0 Å². The summed E-state index contributed by atoms with van der Waals surface area (Å²) in [6.07, 6.45) is 4.16. The van der Waals surface area contributed by atoms with Crippen molar-refractivity contribution < 1.29 is 4.74 Å². The summed E-state index contributed by atoms with van der Waals surface area (Å²) in [5.41, 5.74) is 3.94. The minimum Gasteiger partial charge on any atom is -0.493 e. The molecule has 0 aromatic heterocycles. The van der Waals surface area contributed by atoms with Gasteiger partial charge in [0, 0.05) is 22.3 Å². The lowest BCUT2D eigenvalue weighted by Crippen LogP contribution is -2.29. The lowest BCUT2D eigenvalue weighted by atomic mass is 9.76. The van der Waals surface area contributed by atoms with Crippen LogP contribution in [-0.2, 0) is 10.8 Å². The van der Waals surface area contributed by atoms with E-state index in [0.29, 0.717) is 11.7 Å². The van der Waals surface area contributed by atoms with E-state index in [1.165, 1.54) is 11.1 Å². The molecule has 0 spiro atoms. The largest absolute Gasteiger partial charge is 0.493 e. The Morgan fingerprint density at radius 3 is 2.22 bits per heavy atom. The van der Waals surface area contributed by atoms with Crippen LogP contribution in [0.4, 0.5) is 5.69 Å². The monoisotopic (exact) mass is 518 g/mol. The number of ether oxygens (including phenoxy) is 1. The zero-order valence-electron chi connectivity index (χ0n) is 20.5. The fourth-order valence-corrected chi connectivity index (χ4v) is 3.80. The predicted molar refractivity (Wildman–Crippen MR) is 146 cm³/mol. The van der Waals surface area contributed by atoms with E-state index < -0.39 is 0 Å². The Hall–Kier alpha value is -1.59. The van der Waals surface area contributed by atoms with Crippen LogP contribution in [0.2, 0.25) is 0 Å². The van der Waals surface area contributed by atoms with Crippen LogP contribution in [0.5, 0.6) is 5.75 Å². The second-order valence-electron chi connectivity index (χ2n) is 9.63. The first-order chi connectivity index (χ1) is 15.1. The van der Waals surface area contributed by atoms with E-state index in [0.717, 1.165) is 48.1 Å². The average molecular weight is 520 g/mol. The third-order valence-electron chi connectivity index (χ3n) is 6.47. The number of hydrogen-bond donors (Lipinski definition) is 2. The summed E-state index contributed by atoms with van der Waals surface area (Å²) in [7, 11) is 0. The Morgan fingerprint density at radius 1 is 0.938 bits per heavy atom. The van der Waals surface area contributed by atoms with Crippen LogP contribution >= 0.6 is 28.1 Å². The first kappa shape index (κ1) is 26.7. The molecule has 0 saturated carbocycles. The quantitative estimate of drug-likeness (QED) is 0.233. The van der Waals surface area contributed by atoms with Crippen molar-refractivity contribution in [2.75, 3.05) is 18.5 Å². The molecule has 0 radical (unpaired) electrons. The molecule has 0 fully saturated rings. The molecule has 0 saturated heterocycles. The van der Waals surface area contributed by atoms with Crippen LogP contribution in [-0.4, -0.2) is 18.3 Å². The Labute approximate surface area is 208 Å². The maximum Gasteiger partial charge on any atom is 0.170 e. The zero-order chi connectivity index (χ0) is 23.8. The van der Waals surface area contributed by atoms with Crippen LogP contribution in [0.3, 0.4) is 0 Å². The van der Waals surface area contributed by atoms with Crippen LogP contribution < -0.4 is 15.4 Å². The van der Waals surface area contributed by atoms with Crippen molar-refractivity contribution in [3.63, 3.8) is 0 Å². The van der Waals surface area contributed by atoms with E-state index in [1.807, 2.05) is 24.3 Å². The summed E-state index contributed by atoms with van der Waals surface area (Å²) in [6.45, 7) is 15.3. The van der Waals surface area contributed by atoms with Crippen LogP contribution in [0.15, 0.2) is 46.9 Å². The zero-order valence-corrected chi connectivity index (χ0v) is 22.9. The van der Waals surface area contributed by atoms with Gasteiger partial charge in [-0.2, -0.15) is 0 Å². The standard InChI is InChI=1S/C27H39BrN2OS/c1-7-26(3,4)20-11-16-24(23(19-20)27(5,6)8-2)31-18-10-9-17-29-25(32)30-22-14-12-21(28)13-15-22/h11-16,19H,7-10,17-18H2,1-6H3,(H2,29,30,32). The van der Waals surface area contributed by atoms with E-state index in [4.69, 9.17) is 17.0 Å².